The van der Waals surface area contributed by atoms with Gasteiger partial charge in [0.2, 0.25) is 5.91 Å². The van der Waals surface area contributed by atoms with Gasteiger partial charge in [-0.3, -0.25) is 4.79 Å². The molecule has 1 saturated heterocycles. The molecule has 1 aromatic rings. The summed E-state index contributed by atoms with van der Waals surface area (Å²) >= 11 is 12.0. The summed E-state index contributed by atoms with van der Waals surface area (Å²) in [6.45, 7) is 3.47. The molecule has 0 bridgehead atoms. The van der Waals surface area contributed by atoms with E-state index in [9.17, 15) is 4.79 Å². The number of hydrogen-bond acceptors (Lipinski definition) is 2. The van der Waals surface area contributed by atoms with Gasteiger partial charge in [0, 0.05) is 35.1 Å². The van der Waals surface area contributed by atoms with Gasteiger partial charge in [0.05, 0.1) is 0 Å². The third kappa shape index (κ3) is 5.03. The number of nitrogens with zero attached hydrogens (tertiary/aromatic N) is 1. The molecular formula is C15H21Cl3N2O. The Morgan fingerprint density at radius 3 is 2.57 bits per heavy atom. The first kappa shape index (κ1) is 18.6. The van der Waals surface area contributed by atoms with Gasteiger partial charge in [-0.2, -0.15) is 0 Å². The molecule has 1 unspecified atom stereocenters. The monoisotopic (exact) mass is 350 g/mol. The molecule has 1 amide bonds. The molecule has 2 rings (SSSR count). The first-order valence-corrected chi connectivity index (χ1v) is 7.71. The second kappa shape index (κ2) is 8.23. The number of amides is 1. The Hall–Kier alpha value is -0.480. The number of hydrogen-bond donors (Lipinski definition) is 1. The van der Waals surface area contributed by atoms with E-state index >= 15 is 0 Å². The maximum atomic E-state index is 12.4. The zero-order chi connectivity index (χ0) is 14.7. The Morgan fingerprint density at radius 1 is 1.38 bits per heavy atom. The maximum Gasteiger partial charge on any atom is 0.225 e. The van der Waals surface area contributed by atoms with Crippen LogP contribution in [0, 0.1) is 5.92 Å². The minimum Gasteiger partial charge on any atom is -0.342 e. The van der Waals surface area contributed by atoms with Crippen molar-refractivity contribution in [3.8, 4) is 0 Å². The molecule has 0 aliphatic carbocycles. The van der Waals surface area contributed by atoms with Crippen molar-refractivity contribution in [2.24, 2.45) is 11.7 Å². The van der Waals surface area contributed by atoms with E-state index in [2.05, 4.69) is 0 Å². The van der Waals surface area contributed by atoms with E-state index in [1.54, 1.807) is 12.1 Å². The molecule has 1 heterocycles. The third-order valence-corrected chi connectivity index (χ3v) is 4.40. The molecule has 21 heavy (non-hydrogen) atoms. The van der Waals surface area contributed by atoms with Crippen LogP contribution >= 0.6 is 35.6 Å². The summed E-state index contributed by atoms with van der Waals surface area (Å²) in [6.07, 6.45) is 2.41. The average Bonchev–Trinajstić information content (AvgIpc) is 2.42. The van der Waals surface area contributed by atoms with Crippen molar-refractivity contribution >= 4 is 41.5 Å². The molecule has 1 aliphatic heterocycles. The quantitative estimate of drug-likeness (QED) is 0.905. The van der Waals surface area contributed by atoms with E-state index in [4.69, 9.17) is 28.9 Å². The van der Waals surface area contributed by atoms with Crippen molar-refractivity contribution in [2.45, 2.75) is 32.2 Å². The van der Waals surface area contributed by atoms with Gasteiger partial charge in [-0.25, -0.2) is 0 Å². The lowest BCUT2D eigenvalue weighted by molar-refractivity contribution is -0.136. The van der Waals surface area contributed by atoms with Gasteiger partial charge in [-0.15, -0.1) is 12.4 Å². The van der Waals surface area contributed by atoms with Crippen molar-refractivity contribution in [1.82, 2.24) is 4.90 Å². The highest BCUT2D eigenvalue weighted by Crippen LogP contribution is 2.24. The molecular weight excluding hydrogens is 331 g/mol. The number of likely N-dealkylation sites (tertiary alicyclic amines) is 1. The van der Waals surface area contributed by atoms with Crippen molar-refractivity contribution < 1.29 is 4.79 Å². The fourth-order valence-electron chi connectivity index (χ4n) is 2.54. The number of carbonyl (C=O) groups excluding carboxylic acids is 1. The molecule has 1 fully saturated rings. The topological polar surface area (TPSA) is 46.3 Å². The molecule has 6 heteroatoms. The predicted octanol–water partition coefficient (Wildman–Crippen LogP) is 3.54. The van der Waals surface area contributed by atoms with Crippen LogP contribution in [0.4, 0.5) is 0 Å². The van der Waals surface area contributed by atoms with Crippen LogP contribution in [-0.4, -0.2) is 29.9 Å². The smallest absolute Gasteiger partial charge is 0.225 e. The van der Waals surface area contributed by atoms with Crippen molar-refractivity contribution in [1.29, 1.82) is 0 Å². The second-order valence-corrected chi connectivity index (χ2v) is 6.35. The van der Waals surface area contributed by atoms with Crippen molar-refractivity contribution in [3.05, 3.63) is 33.8 Å². The Kier molecular flexibility index (Phi) is 7.28. The Morgan fingerprint density at radius 2 is 2.00 bits per heavy atom. The Balaban J connectivity index is 0.00000220. The summed E-state index contributed by atoms with van der Waals surface area (Å²) in [5, 5.41) is 1.24. The molecule has 0 radical (unpaired) electrons. The van der Waals surface area contributed by atoms with E-state index in [0.29, 0.717) is 16.5 Å². The van der Waals surface area contributed by atoms with E-state index in [1.165, 1.54) is 0 Å². The largest absolute Gasteiger partial charge is 0.342 e. The van der Waals surface area contributed by atoms with Crippen LogP contribution < -0.4 is 5.73 Å². The Bertz CT molecular complexity index is 488. The van der Waals surface area contributed by atoms with Crippen LogP contribution in [0.5, 0.6) is 0 Å². The van der Waals surface area contributed by atoms with Crippen molar-refractivity contribution in [2.75, 3.05) is 13.1 Å². The van der Waals surface area contributed by atoms with E-state index < -0.39 is 0 Å². The molecule has 3 nitrogen and oxygen atoms in total. The number of carbonyl (C=O) groups is 1. The Labute approximate surface area is 142 Å². The number of nitrogens with two attached hydrogens (primary N) is 1. The van der Waals surface area contributed by atoms with Gasteiger partial charge in [0.25, 0.3) is 0 Å². The minimum absolute atomic E-state index is 0. The normalized spacial score (nSPS) is 17.2. The predicted molar refractivity (Wildman–Crippen MR) is 90.4 cm³/mol. The molecule has 0 spiro atoms. The first-order valence-electron chi connectivity index (χ1n) is 6.95. The standard InChI is InChI=1S/C15H20Cl2N2O.ClH/c1-10(8-11-2-3-12(16)9-14(11)17)15(20)19-6-4-13(18)5-7-19;/h2-3,9-10,13H,4-8,18H2,1H3;1H. The highest BCUT2D eigenvalue weighted by Gasteiger charge is 2.25. The first-order chi connectivity index (χ1) is 9.47. The van der Waals surface area contributed by atoms with Gasteiger partial charge in [0.15, 0.2) is 0 Å². The lowest BCUT2D eigenvalue weighted by Crippen LogP contribution is -2.45. The average molecular weight is 352 g/mol. The van der Waals surface area contributed by atoms with Crippen LogP contribution in [0.15, 0.2) is 18.2 Å². The highest BCUT2D eigenvalue weighted by molar-refractivity contribution is 6.35. The van der Waals surface area contributed by atoms with E-state index in [1.807, 2.05) is 17.9 Å². The molecule has 2 N–H and O–H groups in total. The van der Waals surface area contributed by atoms with Gasteiger partial charge in [0.1, 0.15) is 0 Å². The third-order valence-electron chi connectivity index (χ3n) is 3.81. The second-order valence-electron chi connectivity index (χ2n) is 5.50. The van der Waals surface area contributed by atoms with E-state index in [-0.39, 0.29) is 30.3 Å². The van der Waals surface area contributed by atoms with Crippen LogP contribution in [0.25, 0.3) is 0 Å². The molecule has 0 saturated carbocycles. The zero-order valence-electron chi connectivity index (χ0n) is 12.0. The van der Waals surface area contributed by atoms with Gasteiger partial charge in [-0.1, -0.05) is 36.2 Å². The zero-order valence-corrected chi connectivity index (χ0v) is 14.3. The van der Waals surface area contributed by atoms with Crippen LogP contribution in [0.1, 0.15) is 25.3 Å². The molecule has 118 valence electrons. The van der Waals surface area contributed by atoms with E-state index in [0.717, 1.165) is 31.5 Å². The molecule has 1 aromatic carbocycles. The highest BCUT2D eigenvalue weighted by atomic mass is 35.5. The fourth-order valence-corrected chi connectivity index (χ4v) is 3.02. The number of halogens is 3. The van der Waals surface area contributed by atoms with Crippen LogP contribution in [0.3, 0.4) is 0 Å². The van der Waals surface area contributed by atoms with Crippen molar-refractivity contribution in [3.63, 3.8) is 0 Å². The minimum atomic E-state index is -0.0806. The SMILES string of the molecule is CC(Cc1ccc(Cl)cc1Cl)C(=O)N1CCC(N)CC1.Cl. The molecule has 1 aliphatic rings. The van der Waals surface area contributed by atoms with Crippen LogP contribution in [-0.2, 0) is 11.2 Å². The van der Waals surface area contributed by atoms with Gasteiger partial charge < -0.3 is 10.6 Å². The van der Waals surface area contributed by atoms with Gasteiger partial charge >= 0.3 is 0 Å². The lowest BCUT2D eigenvalue weighted by atomic mass is 9.98. The molecule has 1 atom stereocenters. The van der Waals surface area contributed by atoms with Crippen LogP contribution in [0.2, 0.25) is 10.0 Å². The summed E-state index contributed by atoms with van der Waals surface area (Å²) in [5.41, 5.74) is 6.83. The summed E-state index contributed by atoms with van der Waals surface area (Å²) in [4.78, 5) is 14.3. The number of benzene rings is 1. The summed E-state index contributed by atoms with van der Waals surface area (Å²) in [7, 11) is 0. The lowest BCUT2D eigenvalue weighted by Gasteiger charge is -2.32. The molecule has 0 aromatic heterocycles. The summed E-state index contributed by atoms with van der Waals surface area (Å²) in [6, 6.07) is 5.65. The maximum absolute atomic E-state index is 12.4. The van der Waals surface area contributed by atoms with Gasteiger partial charge in [-0.05, 0) is 37.0 Å². The fraction of sp³-hybridized carbons (Fsp3) is 0.533. The summed E-state index contributed by atoms with van der Waals surface area (Å²) < 4.78 is 0. The number of piperidine rings is 1. The summed E-state index contributed by atoms with van der Waals surface area (Å²) in [5.74, 6) is 0.103. The number of rotatable bonds is 3.